The zero-order valence-corrected chi connectivity index (χ0v) is 15.3. The van der Waals surface area contributed by atoms with Gasteiger partial charge >= 0.3 is 0 Å². The van der Waals surface area contributed by atoms with Crippen LogP contribution in [-0.2, 0) is 12.2 Å². The molecule has 4 rings (SSSR count). The lowest BCUT2D eigenvalue weighted by atomic mass is 10.1. The Labute approximate surface area is 159 Å². The monoisotopic (exact) mass is 380 g/mol. The van der Waals surface area contributed by atoms with Crippen LogP contribution in [0.25, 0.3) is 11.4 Å². The number of rotatable bonds is 7. The van der Waals surface area contributed by atoms with E-state index >= 15 is 0 Å². The van der Waals surface area contributed by atoms with Crippen molar-refractivity contribution in [3.63, 3.8) is 0 Å². The van der Waals surface area contributed by atoms with Gasteiger partial charge in [0.1, 0.15) is 5.75 Å². The average molecular weight is 380 g/mol. The topological polar surface area (TPSA) is 87.1 Å². The van der Waals surface area contributed by atoms with Crippen LogP contribution in [0.5, 0.6) is 5.75 Å². The number of hydrogen-bond donors (Lipinski definition) is 0. The van der Waals surface area contributed by atoms with E-state index in [2.05, 4.69) is 20.3 Å². The molecule has 0 unspecified atom stereocenters. The summed E-state index contributed by atoms with van der Waals surface area (Å²) >= 11 is 1.36. The van der Waals surface area contributed by atoms with Crippen LogP contribution in [0.15, 0.2) is 68.8 Å². The van der Waals surface area contributed by atoms with E-state index in [1.807, 2.05) is 54.6 Å². The van der Waals surface area contributed by atoms with E-state index in [1.165, 1.54) is 11.8 Å². The fourth-order valence-corrected chi connectivity index (χ4v) is 3.05. The number of thioether (sulfide) groups is 1. The lowest BCUT2D eigenvalue weighted by molar-refractivity contribution is 0.389. The first kappa shape index (κ1) is 17.3. The number of methoxy groups -OCH3 is 1. The summed E-state index contributed by atoms with van der Waals surface area (Å²) in [5, 5.41) is 12.6. The smallest absolute Gasteiger partial charge is 0.277 e. The summed E-state index contributed by atoms with van der Waals surface area (Å²) in [4.78, 5) is 4.39. The molecule has 0 atom stereocenters. The number of benzene rings is 2. The van der Waals surface area contributed by atoms with Crippen molar-refractivity contribution in [1.82, 2.24) is 20.3 Å². The molecule has 2 heterocycles. The van der Waals surface area contributed by atoms with E-state index < -0.39 is 0 Å². The fourth-order valence-electron chi connectivity index (χ4n) is 2.43. The first-order valence-corrected chi connectivity index (χ1v) is 9.25. The minimum Gasteiger partial charge on any atom is -0.497 e. The molecule has 136 valence electrons. The molecule has 0 bridgehead atoms. The van der Waals surface area contributed by atoms with E-state index in [0.29, 0.717) is 35.0 Å². The van der Waals surface area contributed by atoms with Crippen molar-refractivity contribution in [2.75, 3.05) is 7.11 Å². The third-order valence-corrected chi connectivity index (χ3v) is 4.59. The molecule has 0 aliphatic carbocycles. The highest BCUT2D eigenvalue weighted by molar-refractivity contribution is 7.98. The standard InChI is InChI=1S/C19H16N4O3S/c1-24-15-9-7-13(8-10-15)11-16-21-22-19(25-16)27-12-17-20-18(23-26-17)14-5-3-2-4-6-14/h2-10H,11-12H2,1H3. The molecule has 4 aromatic rings. The predicted octanol–water partition coefficient (Wildman–Crippen LogP) is 4.01. The van der Waals surface area contributed by atoms with Gasteiger partial charge in [0.25, 0.3) is 5.22 Å². The van der Waals surface area contributed by atoms with Crippen molar-refractivity contribution < 1.29 is 13.7 Å². The Morgan fingerprint density at radius 1 is 0.963 bits per heavy atom. The van der Waals surface area contributed by atoms with Gasteiger partial charge in [0.05, 0.1) is 19.3 Å². The van der Waals surface area contributed by atoms with Gasteiger partial charge in [0.2, 0.25) is 17.6 Å². The highest BCUT2D eigenvalue weighted by Crippen LogP contribution is 2.23. The molecular weight excluding hydrogens is 364 g/mol. The summed E-state index contributed by atoms with van der Waals surface area (Å²) < 4.78 is 16.1. The molecular formula is C19H16N4O3S. The molecule has 27 heavy (non-hydrogen) atoms. The molecule has 0 aliphatic rings. The fraction of sp³-hybridized carbons (Fsp3) is 0.158. The molecule has 0 spiro atoms. The van der Waals surface area contributed by atoms with E-state index in [-0.39, 0.29) is 0 Å². The van der Waals surface area contributed by atoms with Crippen molar-refractivity contribution in [2.24, 2.45) is 0 Å². The van der Waals surface area contributed by atoms with Gasteiger partial charge in [-0.15, -0.1) is 10.2 Å². The van der Waals surface area contributed by atoms with Gasteiger partial charge in [-0.05, 0) is 17.7 Å². The molecule has 0 saturated heterocycles. The summed E-state index contributed by atoms with van der Waals surface area (Å²) in [6.07, 6.45) is 0.566. The number of hydrogen-bond acceptors (Lipinski definition) is 8. The van der Waals surface area contributed by atoms with Gasteiger partial charge in [0, 0.05) is 5.56 Å². The highest BCUT2D eigenvalue weighted by Gasteiger charge is 2.12. The molecule has 0 fully saturated rings. The zero-order chi connectivity index (χ0) is 18.5. The van der Waals surface area contributed by atoms with Gasteiger partial charge in [-0.25, -0.2) is 0 Å². The van der Waals surface area contributed by atoms with Crippen molar-refractivity contribution >= 4 is 11.8 Å². The molecule has 7 nitrogen and oxygen atoms in total. The molecule has 0 radical (unpaired) electrons. The van der Waals surface area contributed by atoms with Crippen LogP contribution in [0.3, 0.4) is 0 Å². The lowest BCUT2D eigenvalue weighted by Crippen LogP contribution is -1.89. The Morgan fingerprint density at radius 2 is 1.78 bits per heavy atom. The van der Waals surface area contributed by atoms with E-state index in [1.54, 1.807) is 7.11 Å². The second kappa shape index (κ2) is 8.05. The number of aromatic nitrogens is 4. The number of ether oxygens (including phenoxy) is 1. The Bertz CT molecular complexity index is 999. The second-order valence-electron chi connectivity index (χ2n) is 5.65. The van der Waals surface area contributed by atoms with Gasteiger partial charge in [-0.1, -0.05) is 59.4 Å². The van der Waals surface area contributed by atoms with Crippen LogP contribution in [0.1, 0.15) is 17.3 Å². The normalized spacial score (nSPS) is 10.9. The van der Waals surface area contributed by atoms with Gasteiger partial charge in [-0.2, -0.15) is 4.98 Å². The molecule has 0 N–H and O–H groups in total. The van der Waals surface area contributed by atoms with Crippen LogP contribution >= 0.6 is 11.8 Å². The van der Waals surface area contributed by atoms with Crippen LogP contribution in [0.4, 0.5) is 0 Å². The maximum atomic E-state index is 5.68. The molecule has 2 aromatic carbocycles. The summed E-state index contributed by atoms with van der Waals surface area (Å²) in [5.74, 6) is 2.91. The van der Waals surface area contributed by atoms with Gasteiger partial charge in [-0.3, -0.25) is 0 Å². The molecule has 0 amide bonds. The maximum absolute atomic E-state index is 5.68. The first-order valence-electron chi connectivity index (χ1n) is 8.26. The predicted molar refractivity (Wildman–Crippen MR) is 99.4 cm³/mol. The minimum absolute atomic E-state index is 0.462. The summed E-state index contributed by atoms with van der Waals surface area (Å²) in [6.45, 7) is 0. The molecule has 0 aliphatic heterocycles. The highest BCUT2D eigenvalue weighted by atomic mass is 32.2. The minimum atomic E-state index is 0.462. The van der Waals surface area contributed by atoms with Crippen molar-refractivity contribution in [1.29, 1.82) is 0 Å². The third kappa shape index (κ3) is 4.35. The average Bonchev–Trinajstić information content (AvgIpc) is 3.37. The Morgan fingerprint density at radius 3 is 2.56 bits per heavy atom. The summed E-state index contributed by atoms with van der Waals surface area (Å²) in [6, 6.07) is 17.4. The van der Waals surface area contributed by atoms with E-state index in [4.69, 9.17) is 13.7 Å². The van der Waals surface area contributed by atoms with E-state index in [0.717, 1.165) is 16.9 Å². The maximum Gasteiger partial charge on any atom is 0.277 e. The number of nitrogens with zero attached hydrogens (tertiary/aromatic N) is 4. The van der Waals surface area contributed by atoms with Crippen LogP contribution in [-0.4, -0.2) is 27.4 Å². The Kier molecular flexibility index (Phi) is 5.15. The zero-order valence-electron chi connectivity index (χ0n) is 14.5. The van der Waals surface area contributed by atoms with Crippen LogP contribution in [0.2, 0.25) is 0 Å². The van der Waals surface area contributed by atoms with Crippen molar-refractivity contribution in [3.8, 4) is 17.1 Å². The third-order valence-electron chi connectivity index (χ3n) is 3.78. The lowest BCUT2D eigenvalue weighted by Gasteiger charge is -2.00. The summed E-state index contributed by atoms with van der Waals surface area (Å²) in [7, 11) is 1.64. The Hall–Kier alpha value is -3.13. The molecule has 2 aromatic heterocycles. The van der Waals surface area contributed by atoms with Crippen molar-refractivity contribution in [3.05, 3.63) is 71.9 Å². The molecule has 0 saturated carbocycles. The van der Waals surface area contributed by atoms with Crippen LogP contribution in [0, 0.1) is 0 Å². The van der Waals surface area contributed by atoms with E-state index in [9.17, 15) is 0 Å². The van der Waals surface area contributed by atoms with Gasteiger partial charge in [0.15, 0.2) is 0 Å². The van der Waals surface area contributed by atoms with Gasteiger partial charge < -0.3 is 13.7 Å². The quantitative estimate of drug-likeness (QED) is 0.445. The van der Waals surface area contributed by atoms with Crippen molar-refractivity contribution in [2.45, 2.75) is 17.4 Å². The second-order valence-corrected chi connectivity index (χ2v) is 6.58. The SMILES string of the molecule is COc1ccc(Cc2nnc(SCc3nc(-c4ccccc4)no3)o2)cc1. The summed E-state index contributed by atoms with van der Waals surface area (Å²) in [5.41, 5.74) is 1.98. The Balaban J connectivity index is 1.35. The molecule has 8 heteroatoms. The van der Waals surface area contributed by atoms with Crippen LogP contribution < -0.4 is 4.74 Å². The largest absolute Gasteiger partial charge is 0.497 e. The first-order chi connectivity index (χ1) is 13.3.